The van der Waals surface area contributed by atoms with Gasteiger partial charge in [-0.05, 0) is 72.9 Å². The van der Waals surface area contributed by atoms with Crippen molar-refractivity contribution in [3.8, 4) is 17.1 Å². The van der Waals surface area contributed by atoms with Gasteiger partial charge in [-0.3, -0.25) is 0 Å². The van der Waals surface area contributed by atoms with Crippen LogP contribution in [-0.2, 0) is 24.3 Å². The van der Waals surface area contributed by atoms with Crippen molar-refractivity contribution >= 4 is 17.0 Å². The van der Waals surface area contributed by atoms with Crippen molar-refractivity contribution in [3.63, 3.8) is 0 Å². The quantitative estimate of drug-likeness (QED) is 0.156. The Morgan fingerprint density at radius 1 is 0.936 bits per heavy atom. The van der Waals surface area contributed by atoms with Crippen LogP contribution < -0.4 is 4.74 Å². The Morgan fingerprint density at radius 3 is 2.43 bits per heavy atom. The van der Waals surface area contributed by atoms with Gasteiger partial charge in [-0.15, -0.1) is 0 Å². The molecule has 3 aromatic carbocycles. The third-order valence-electron chi connectivity index (χ3n) is 8.74. The summed E-state index contributed by atoms with van der Waals surface area (Å²) in [5.41, 5.74) is -0.461. The molecule has 2 saturated heterocycles. The monoisotopic (exact) mass is 653 g/mol. The Hall–Kier alpha value is -4.91. The molecule has 0 radical (unpaired) electrons. The Bertz CT molecular complexity index is 2040. The molecule has 2 bridgehead atoms. The summed E-state index contributed by atoms with van der Waals surface area (Å²) in [6.45, 7) is 0.461. The molecule has 47 heavy (non-hydrogen) atoms. The highest BCUT2D eigenvalue weighted by molar-refractivity contribution is 5.92. The predicted molar refractivity (Wildman–Crippen MR) is 156 cm³/mol. The molecule has 242 valence electrons. The molecule has 1 saturated carbocycles. The van der Waals surface area contributed by atoms with Crippen LogP contribution >= 0.6 is 0 Å². The van der Waals surface area contributed by atoms with Gasteiger partial charge in [0.15, 0.2) is 5.82 Å². The molecule has 1 aliphatic carbocycles. The van der Waals surface area contributed by atoms with E-state index < -0.39 is 59.3 Å². The van der Waals surface area contributed by atoms with Crippen LogP contribution in [0.4, 0.5) is 26.3 Å². The third kappa shape index (κ3) is 5.79. The van der Waals surface area contributed by atoms with Crippen molar-refractivity contribution in [1.82, 2.24) is 14.5 Å². The van der Waals surface area contributed by atoms with Crippen molar-refractivity contribution in [2.75, 3.05) is 6.61 Å². The van der Waals surface area contributed by atoms with E-state index in [0.717, 1.165) is 49.2 Å². The number of fused-ring (bicyclic) bond motifs is 2. The number of hydrogen-bond acceptors (Lipinski definition) is 5. The van der Waals surface area contributed by atoms with Gasteiger partial charge in [0.1, 0.15) is 29.9 Å². The van der Waals surface area contributed by atoms with Gasteiger partial charge in [0.25, 0.3) is 12.3 Å². The first kappa shape index (κ1) is 30.7. The van der Waals surface area contributed by atoms with Crippen molar-refractivity contribution < 1.29 is 45.7 Å². The number of rotatable bonds is 10. The van der Waals surface area contributed by atoms with Gasteiger partial charge in [0.2, 0.25) is 0 Å². The molecule has 0 atom stereocenters. The van der Waals surface area contributed by atoms with Gasteiger partial charge >= 0.3 is 5.97 Å². The summed E-state index contributed by atoms with van der Waals surface area (Å²) in [4.78, 5) is 20.3. The summed E-state index contributed by atoms with van der Waals surface area (Å²) in [7, 11) is 0. The van der Waals surface area contributed by atoms with E-state index in [1.165, 1.54) is 12.1 Å². The van der Waals surface area contributed by atoms with Crippen LogP contribution in [0.3, 0.4) is 0 Å². The number of ether oxygens (including phenoxy) is 2. The fourth-order valence-corrected chi connectivity index (χ4v) is 6.33. The first-order valence-corrected chi connectivity index (χ1v) is 14.7. The number of pyridine rings is 1. The van der Waals surface area contributed by atoms with Crippen LogP contribution in [0.25, 0.3) is 22.3 Å². The SMILES string of the molecule is O=C(O)c1ccc2nc(Cc3cc(F)c(-c4ccc(F)c(OCc5ccc(C(F)F)cc5F)n4)cc3F)n(CC34CC(CO3)C4)c2c1. The Kier molecular flexibility index (Phi) is 7.66. The molecule has 2 aromatic heterocycles. The van der Waals surface area contributed by atoms with Gasteiger partial charge < -0.3 is 19.1 Å². The summed E-state index contributed by atoms with van der Waals surface area (Å²) < 4.78 is 98.7. The number of carbonyl (C=O) groups is 1. The van der Waals surface area contributed by atoms with Crippen molar-refractivity contribution in [3.05, 3.63) is 112 Å². The number of carboxylic acids is 1. The van der Waals surface area contributed by atoms with Crippen molar-refractivity contribution in [1.29, 1.82) is 0 Å². The van der Waals surface area contributed by atoms with Crippen molar-refractivity contribution in [2.45, 2.75) is 44.4 Å². The predicted octanol–water partition coefficient (Wildman–Crippen LogP) is 7.64. The number of benzene rings is 3. The Labute approximate surface area is 263 Å². The highest BCUT2D eigenvalue weighted by Crippen LogP contribution is 2.49. The molecule has 8 rings (SSSR count). The second-order valence-corrected chi connectivity index (χ2v) is 11.9. The van der Waals surface area contributed by atoms with E-state index in [4.69, 9.17) is 9.47 Å². The average molecular weight is 654 g/mol. The standard InChI is InChI=1S/C34H25F6N3O4/c35-23-4-6-27(42-32(23)46-15-20-2-1-18(31(39)40)7-24(20)36)22-11-25(37)21(8-26(22)38)10-30-41-28-5-3-19(33(44)45)9-29(28)43(30)16-34-12-17(13-34)14-47-34/h1-9,11,17,31H,10,12-16H2,(H,44,45). The van der Waals surface area contributed by atoms with Crippen LogP contribution in [0.15, 0.2) is 60.7 Å². The number of aromatic carboxylic acids is 1. The molecular weight excluding hydrogens is 628 g/mol. The Balaban J connectivity index is 1.16. The zero-order valence-electron chi connectivity index (χ0n) is 24.5. The molecule has 1 N–H and O–H groups in total. The summed E-state index contributed by atoms with van der Waals surface area (Å²) in [5.74, 6) is -4.46. The zero-order valence-corrected chi connectivity index (χ0v) is 24.5. The fraction of sp³-hybridized carbons (Fsp3) is 0.265. The number of aromatic nitrogens is 3. The minimum Gasteiger partial charge on any atom is -0.478 e. The van der Waals surface area contributed by atoms with Crippen molar-refractivity contribution in [2.24, 2.45) is 5.92 Å². The van der Waals surface area contributed by atoms with Gasteiger partial charge in [-0.2, -0.15) is 0 Å². The smallest absolute Gasteiger partial charge is 0.335 e. The lowest BCUT2D eigenvalue weighted by atomic mass is 9.74. The number of alkyl halides is 2. The van der Waals surface area contributed by atoms with E-state index in [9.17, 15) is 27.5 Å². The largest absolute Gasteiger partial charge is 0.478 e. The lowest BCUT2D eigenvalue weighted by Gasteiger charge is -2.36. The molecule has 3 aliphatic rings. The molecule has 7 nitrogen and oxygen atoms in total. The van der Waals surface area contributed by atoms with Crippen LogP contribution in [0, 0.1) is 29.2 Å². The second kappa shape index (κ2) is 11.7. The number of hydrogen-bond donors (Lipinski definition) is 1. The van der Waals surface area contributed by atoms with Gasteiger partial charge in [0.05, 0.1) is 41.0 Å². The molecule has 5 aromatic rings. The second-order valence-electron chi connectivity index (χ2n) is 11.9. The van der Waals surface area contributed by atoms with E-state index in [-0.39, 0.29) is 34.4 Å². The normalized spacial score (nSPS) is 18.6. The summed E-state index contributed by atoms with van der Waals surface area (Å²) in [6, 6.07) is 11.2. The minimum absolute atomic E-state index is 0.0288. The minimum atomic E-state index is -2.87. The highest BCUT2D eigenvalue weighted by atomic mass is 19.3. The summed E-state index contributed by atoms with van der Waals surface area (Å²) in [6.07, 6.45) is -1.31. The van der Waals surface area contributed by atoms with Gasteiger partial charge in [-0.1, -0.05) is 12.1 Å². The molecule has 0 amide bonds. The maximum absolute atomic E-state index is 15.6. The lowest BCUT2D eigenvalue weighted by Crippen LogP contribution is -2.41. The van der Waals surface area contributed by atoms with E-state index >= 15 is 8.78 Å². The topological polar surface area (TPSA) is 86.5 Å². The van der Waals surface area contributed by atoms with E-state index in [1.54, 1.807) is 6.07 Å². The zero-order chi connectivity index (χ0) is 33.0. The summed E-state index contributed by atoms with van der Waals surface area (Å²) in [5, 5.41) is 9.54. The van der Waals surface area contributed by atoms with E-state index in [0.29, 0.717) is 42.0 Å². The van der Waals surface area contributed by atoms with Gasteiger partial charge in [-0.25, -0.2) is 41.1 Å². The van der Waals surface area contributed by atoms with Crippen LogP contribution in [0.2, 0.25) is 0 Å². The molecule has 2 aliphatic heterocycles. The molecule has 0 unspecified atom stereocenters. The first-order chi connectivity index (χ1) is 22.5. The fourth-order valence-electron chi connectivity index (χ4n) is 6.33. The maximum atomic E-state index is 15.6. The number of imidazole rings is 1. The number of nitrogens with zero attached hydrogens (tertiary/aromatic N) is 3. The van der Waals surface area contributed by atoms with Crippen LogP contribution in [-0.4, -0.2) is 37.8 Å². The van der Waals surface area contributed by atoms with Crippen LogP contribution in [0.5, 0.6) is 5.88 Å². The van der Waals surface area contributed by atoms with Crippen LogP contribution in [0.1, 0.15) is 52.1 Å². The summed E-state index contributed by atoms with van der Waals surface area (Å²) >= 11 is 0. The molecular formula is C34H25F6N3O4. The number of halogens is 6. The molecule has 0 spiro atoms. The molecule has 3 fully saturated rings. The van der Waals surface area contributed by atoms with Gasteiger partial charge in [0, 0.05) is 23.1 Å². The maximum Gasteiger partial charge on any atom is 0.335 e. The first-order valence-electron chi connectivity index (χ1n) is 14.7. The molecule has 13 heteroatoms. The van der Waals surface area contributed by atoms with E-state index in [1.807, 2.05) is 4.57 Å². The van der Waals surface area contributed by atoms with E-state index in [2.05, 4.69) is 9.97 Å². The number of carboxylic acid groups (broad SMARTS) is 1. The highest BCUT2D eigenvalue weighted by Gasteiger charge is 2.52. The Morgan fingerprint density at radius 2 is 1.72 bits per heavy atom. The average Bonchev–Trinajstić information content (AvgIpc) is 3.72. The lowest BCUT2D eigenvalue weighted by molar-refractivity contribution is -0.0132. The third-order valence-corrected chi connectivity index (χ3v) is 8.74. The molecule has 4 heterocycles.